The second kappa shape index (κ2) is 6.47. The molecule has 1 heterocycles. The highest BCUT2D eigenvalue weighted by atomic mass is 19.2. The molecular formula is C21H20F2O3. The molecule has 2 aromatic rings. The van der Waals surface area contributed by atoms with E-state index < -0.39 is 17.2 Å². The largest absolute Gasteiger partial charge is 0.486 e. The van der Waals surface area contributed by atoms with Gasteiger partial charge in [-0.3, -0.25) is 4.79 Å². The van der Waals surface area contributed by atoms with Crippen molar-refractivity contribution in [3.63, 3.8) is 0 Å². The number of carbonyl (C=O) groups excluding carboxylic acids is 1. The predicted octanol–water partition coefficient (Wildman–Crippen LogP) is 4.52. The van der Waals surface area contributed by atoms with Crippen LogP contribution in [-0.4, -0.2) is 23.1 Å². The van der Waals surface area contributed by atoms with Crippen molar-refractivity contribution >= 4 is 5.78 Å². The Bertz CT molecular complexity index is 856. The Morgan fingerprint density at radius 2 is 1.73 bits per heavy atom. The molecule has 1 atom stereocenters. The highest BCUT2D eigenvalue weighted by Gasteiger charge is 2.50. The van der Waals surface area contributed by atoms with Crippen LogP contribution in [0.3, 0.4) is 0 Å². The Morgan fingerprint density at radius 1 is 1.04 bits per heavy atom. The quantitative estimate of drug-likeness (QED) is 0.878. The van der Waals surface area contributed by atoms with Gasteiger partial charge in [0.05, 0.1) is 11.5 Å². The number of benzene rings is 2. The number of hydrogen-bond donors (Lipinski definition) is 1. The van der Waals surface area contributed by atoms with Crippen molar-refractivity contribution in [3.8, 4) is 16.9 Å². The Labute approximate surface area is 150 Å². The lowest BCUT2D eigenvalue weighted by Gasteiger charge is -2.41. The number of hydrogen-bond acceptors (Lipinski definition) is 3. The van der Waals surface area contributed by atoms with E-state index >= 15 is 0 Å². The molecule has 0 bridgehead atoms. The average molecular weight is 358 g/mol. The van der Waals surface area contributed by atoms with E-state index in [4.69, 9.17) is 4.74 Å². The van der Waals surface area contributed by atoms with Crippen molar-refractivity contribution in [2.45, 2.75) is 37.7 Å². The number of halogens is 2. The van der Waals surface area contributed by atoms with Crippen molar-refractivity contribution in [2.75, 3.05) is 6.61 Å². The SMILES string of the molecule is O=C1c2ccc(-c3ccc(F)c(F)c3)cc2OC2(CCCC2)C1CCO. The third kappa shape index (κ3) is 2.71. The molecule has 0 saturated heterocycles. The fraction of sp³-hybridized carbons (Fsp3) is 0.381. The molecule has 1 fully saturated rings. The average Bonchev–Trinajstić information content (AvgIpc) is 3.09. The Balaban J connectivity index is 1.76. The lowest BCUT2D eigenvalue weighted by molar-refractivity contribution is -0.00222. The number of rotatable bonds is 3. The number of carbonyl (C=O) groups is 1. The molecule has 5 heteroatoms. The summed E-state index contributed by atoms with van der Waals surface area (Å²) in [5.74, 6) is -1.65. The first-order chi connectivity index (χ1) is 12.5. The fourth-order valence-corrected chi connectivity index (χ4v) is 4.33. The molecule has 3 nitrogen and oxygen atoms in total. The van der Waals surface area contributed by atoms with E-state index in [1.165, 1.54) is 6.07 Å². The molecule has 1 unspecified atom stereocenters. The second-order valence-corrected chi connectivity index (χ2v) is 7.14. The molecular weight excluding hydrogens is 338 g/mol. The van der Waals surface area contributed by atoms with E-state index in [2.05, 4.69) is 0 Å². The second-order valence-electron chi connectivity index (χ2n) is 7.14. The molecule has 1 aliphatic carbocycles. The lowest BCUT2D eigenvalue weighted by Crippen LogP contribution is -2.49. The van der Waals surface area contributed by atoms with Gasteiger partial charge in [0.2, 0.25) is 0 Å². The molecule has 2 aliphatic rings. The summed E-state index contributed by atoms with van der Waals surface area (Å²) < 4.78 is 33.1. The van der Waals surface area contributed by atoms with E-state index in [9.17, 15) is 18.7 Å². The molecule has 1 saturated carbocycles. The molecule has 1 N–H and O–H groups in total. The molecule has 136 valence electrons. The minimum Gasteiger partial charge on any atom is -0.486 e. The summed E-state index contributed by atoms with van der Waals surface area (Å²) in [5, 5.41) is 9.40. The van der Waals surface area contributed by atoms with Gasteiger partial charge in [-0.1, -0.05) is 12.1 Å². The topological polar surface area (TPSA) is 46.5 Å². The maximum atomic E-state index is 13.6. The third-order valence-corrected chi connectivity index (χ3v) is 5.63. The van der Waals surface area contributed by atoms with Crippen LogP contribution in [0.4, 0.5) is 8.78 Å². The maximum absolute atomic E-state index is 13.6. The molecule has 4 rings (SSSR count). The summed E-state index contributed by atoms with van der Waals surface area (Å²) >= 11 is 0. The lowest BCUT2D eigenvalue weighted by atomic mass is 9.76. The first-order valence-electron chi connectivity index (χ1n) is 8.98. The molecule has 2 aromatic carbocycles. The maximum Gasteiger partial charge on any atom is 0.173 e. The minimum absolute atomic E-state index is 0.000892. The minimum atomic E-state index is -0.910. The summed E-state index contributed by atoms with van der Waals surface area (Å²) in [7, 11) is 0. The molecule has 26 heavy (non-hydrogen) atoms. The van der Waals surface area contributed by atoms with Crippen LogP contribution < -0.4 is 4.74 Å². The predicted molar refractivity (Wildman–Crippen MR) is 93.1 cm³/mol. The van der Waals surface area contributed by atoms with Gasteiger partial charge in [0.15, 0.2) is 17.4 Å². The van der Waals surface area contributed by atoms with Gasteiger partial charge in [-0.25, -0.2) is 8.78 Å². The van der Waals surface area contributed by atoms with Crippen molar-refractivity contribution in [3.05, 3.63) is 53.6 Å². The summed E-state index contributed by atoms with van der Waals surface area (Å²) in [6, 6.07) is 8.86. The van der Waals surface area contributed by atoms with Crippen molar-refractivity contribution < 1.29 is 23.4 Å². The fourth-order valence-electron chi connectivity index (χ4n) is 4.33. The number of aliphatic hydroxyl groups excluding tert-OH is 1. The third-order valence-electron chi connectivity index (χ3n) is 5.63. The number of aliphatic hydroxyl groups is 1. The van der Waals surface area contributed by atoms with Gasteiger partial charge >= 0.3 is 0 Å². The Kier molecular flexibility index (Phi) is 4.27. The van der Waals surface area contributed by atoms with Crippen molar-refractivity contribution in [1.82, 2.24) is 0 Å². The Morgan fingerprint density at radius 3 is 2.42 bits per heavy atom. The van der Waals surface area contributed by atoms with Crippen LogP contribution in [0.15, 0.2) is 36.4 Å². The number of ketones is 1. The van der Waals surface area contributed by atoms with E-state index in [0.717, 1.165) is 37.8 Å². The highest BCUT2D eigenvalue weighted by Crippen LogP contribution is 2.48. The molecule has 0 radical (unpaired) electrons. The van der Waals surface area contributed by atoms with E-state index in [1.54, 1.807) is 18.2 Å². The van der Waals surface area contributed by atoms with Crippen LogP contribution >= 0.6 is 0 Å². The van der Waals surface area contributed by atoms with E-state index in [1.807, 2.05) is 0 Å². The highest BCUT2D eigenvalue weighted by molar-refractivity contribution is 6.02. The number of Topliss-reactive ketones (excluding diaryl/α,β-unsaturated/α-hetero) is 1. The number of ether oxygens (including phenoxy) is 1. The summed E-state index contributed by atoms with van der Waals surface area (Å²) in [6.07, 6.45) is 3.96. The smallest absolute Gasteiger partial charge is 0.173 e. The van der Waals surface area contributed by atoms with Crippen LogP contribution in [-0.2, 0) is 0 Å². The van der Waals surface area contributed by atoms with Gasteiger partial charge in [0.25, 0.3) is 0 Å². The molecule has 0 aromatic heterocycles. The monoisotopic (exact) mass is 358 g/mol. The van der Waals surface area contributed by atoms with Crippen LogP contribution in [0.25, 0.3) is 11.1 Å². The van der Waals surface area contributed by atoms with Gasteiger partial charge < -0.3 is 9.84 Å². The molecule has 1 spiro atoms. The van der Waals surface area contributed by atoms with Gasteiger partial charge in [0.1, 0.15) is 11.4 Å². The van der Waals surface area contributed by atoms with Crippen LogP contribution in [0.5, 0.6) is 5.75 Å². The zero-order valence-electron chi connectivity index (χ0n) is 14.3. The van der Waals surface area contributed by atoms with E-state index in [0.29, 0.717) is 28.9 Å². The summed E-state index contributed by atoms with van der Waals surface area (Å²) in [4.78, 5) is 13.0. The zero-order chi connectivity index (χ0) is 18.3. The first-order valence-corrected chi connectivity index (χ1v) is 8.98. The number of fused-ring (bicyclic) bond motifs is 1. The molecule has 0 amide bonds. The van der Waals surface area contributed by atoms with Crippen LogP contribution in [0, 0.1) is 17.6 Å². The van der Waals surface area contributed by atoms with Crippen molar-refractivity contribution in [1.29, 1.82) is 0 Å². The first kappa shape index (κ1) is 17.2. The van der Waals surface area contributed by atoms with E-state index in [-0.39, 0.29) is 18.3 Å². The van der Waals surface area contributed by atoms with Crippen LogP contribution in [0.1, 0.15) is 42.5 Å². The van der Waals surface area contributed by atoms with Crippen LogP contribution in [0.2, 0.25) is 0 Å². The van der Waals surface area contributed by atoms with Gasteiger partial charge in [-0.2, -0.15) is 0 Å². The zero-order valence-corrected chi connectivity index (χ0v) is 14.3. The van der Waals surface area contributed by atoms with Gasteiger partial charge in [-0.15, -0.1) is 0 Å². The normalized spacial score (nSPS) is 20.9. The Hall–Kier alpha value is -2.27. The summed E-state index contributed by atoms with van der Waals surface area (Å²) in [5.41, 5.74) is 1.14. The summed E-state index contributed by atoms with van der Waals surface area (Å²) in [6.45, 7) is -0.0518. The van der Waals surface area contributed by atoms with Gasteiger partial charge in [-0.05, 0) is 67.5 Å². The standard InChI is InChI=1S/C21H20F2O3/c22-17-6-4-13(11-18(17)23)14-3-5-15-19(12-14)26-21(8-1-2-9-21)16(7-10-24)20(15)25/h3-6,11-12,16,24H,1-2,7-10H2. The van der Waals surface area contributed by atoms with Gasteiger partial charge in [0, 0.05) is 6.61 Å². The van der Waals surface area contributed by atoms with Crippen molar-refractivity contribution in [2.24, 2.45) is 5.92 Å². The molecule has 1 aliphatic heterocycles.